The van der Waals surface area contributed by atoms with E-state index in [0.717, 1.165) is 5.69 Å². The summed E-state index contributed by atoms with van der Waals surface area (Å²) in [4.78, 5) is 0. The Hall–Kier alpha value is -2.27. The van der Waals surface area contributed by atoms with Crippen LogP contribution in [0.15, 0.2) is 42.5 Å². The number of ether oxygens (including phenoxy) is 1. The molecule has 0 heterocycles. The van der Waals surface area contributed by atoms with Crippen LogP contribution in [0, 0.1) is 12.7 Å². The summed E-state index contributed by atoms with van der Waals surface area (Å²) in [6, 6.07) is 13.2. The van der Waals surface area contributed by atoms with Gasteiger partial charge in [-0.05, 0) is 44.5 Å². The van der Waals surface area contributed by atoms with E-state index >= 15 is 0 Å². The molecule has 5 heteroatoms. The van der Waals surface area contributed by atoms with Crippen LogP contribution < -0.4 is 15.4 Å². The Bertz CT molecular complexity index is 637. The van der Waals surface area contributed by atoms with Crippen molar-refractivity contribution in [3.63, 3.8) is 0 Å². The van der Waals surface area contributed by atoms with Gasteiger partial charge in [0.2, 0.25) is 0 Å². The number of aliphatic hydroxyl groups excluding tert-OH is 1. The molecular weight excluding hydrogens is 307 g/mol. The molecule has 0 aromatic heterocycles. The van der Waals surface area contributed by atoms with Crippen molar-refractivity contribution in [3.8, 4) is 5.75 Å². The Labute approximate surface area is 142 Å². The minimum atomic E-state index is -0.431. The molecule has 2 aromatic rings. The smallest absolute Gasteiger partial charge is 0.167 e. The number of anilines is 2. The van der Waals surface area contributed by atoms with Gasteiger partial charge in [-0.1, -0.05) is 18.2 Å². The maximum Gasteiger partial charge on any atom is 0.167 e. The van der Waals surface area contributed by atoms with Gasteiger partial charge < -0.3 is 20.5 Å². The van der Waals surface area contributed by atoms with Crippen molar-refractivity contribution < 1.29 is 14.2 Å². The quantitative estimate of drug-likeness (QED) is 0.688. The van der Waals surface area contributed by atoms with Gasteiger partial charge in [0.05, 0.1) is 6.61 Å². The highest BCUT2D eigenvalue weighted by molar-refractivity contribution is 5.53. The lowest BCUT2D eigenvalue weighted by atomic mass is 10.0. The van der Waals surface area contributed by atoms with Crippen LogP contribution in [0.3, 0.4) is 0 Å². The zero-order chi connectivity index (χ0) is 17.6. The molecule has 0 radical (unpaired) electrons. The molecule has 0 amide bonds. The molecule has 0 aliphatic carbocycles. The Morgan fingerprint density at radius 2 is 1.83 bits per heavy atom. The predicted molar refractivity (Wildman–Crippen MR) is 96.4 cm³/mol. The van der Waals surface area contributed by atoms with Gasteiger partial charge in [-0.3, -0.25) is 0 Å². The second-order valence-electron chi connectivity index (χ2n) is 6.40. The summed E-state index contributed by atoms with van der Waals surface area (Å²) >= 11 is 0. The predicted octanol–water partition coefficient (Wildman–Crippen LogP) is 3.81. The second kappa shape index (κ2) is 8.02. The molecule has 2 rings (SSSR count). The minimum absolute atomic E-state index is 0.0819. The summed E-state index contributed by atoms with van der Waals surface area (Å²) in [5, 5.41) is 15.5. The van der Waals surface area contributed by atoms with E-state index in [1.807, 2.05) is 36.4 Å². The van der Waals surface area contributed by atoms with Crippen LogP contribution >= 0.6 is 0 Å². The average Bonchev–Trinajstić information content (AvgIpc) is 2.53. The fourth-order valence-electron chi connectivity index (χ4n) is 2.44. The lowest BCUT2D eigenvalue weighted by Gasteiger charge is -2.28. The third kappa shape index (κ3) is 5.13. The lowest BCUT2D eigenvalue weighted by molar-refractivity contribution is 0.195. The van der Waals surface area contributed by atoms with Crippen molar-refractivity contribution in [1.29, 1.82) is 0 Å². The normalized spacial score (nSPS) is 11.2. The Balaban J connectivity index is 2.00. The SMILES string of the molecule is Cc1cc(NCC(C)(C)Nc2ccccc2)cc(F)c1OCCO. The summed E-state index contributed by atoms with van der Waals surface area (Å²) < 4.78 is 19.4. The van der Waals surface area contributed by atoms with Crippen LogP contribution in [0.4, 0.5) is 15.8 Å². The Morgan fingerprint density at radius 1 is 1.12 bits per heavy atom. The first-order valence-corrected chi connectivity index (χ1v) is 8.02. The third-order valence-electron chi connectivity index (χ3n) is 3.56. The maximum absolute atomic E-state index is 14.1. The molecule has 0 bridgehead atoms. The zero-order valence-corrected chi connectivity index (χ0v) is 14.4. The molecule has 0 unspecified atom stereocenters. The Morgan fingerprint density at radius 3 is 2.46 bits per heavy atom. The summed E-state index contributed by atoms with van der Waals surface area (Å²) in [6.07, 6.45) is 0. The van der Waals surface area contributed by atoms with E-state index in [1.165, 1.54) is 6.07 Å². The van der Waals surface area contributed by atoms with Gasteiger partial charge in [-0.25, -0.2) is 4.39 Å². The van der Waals surface area contributed by atoms with Crippen molar-refractivity contribution in [2.45, 2.75) is 26.3 Å². The van der Waals surface area contributed by atoms with Gasteiger partial charge in [0.1, 0.15) is 6.61 Å². The summed E-state index contributed by atoms with van der Waals surface area (Å²) in [5.41, 5.74) is 2.22. The van der Waals surface area contributed by atoms with Crippen LogP contribution in [0.25, 0.3) is 0 Å². The summed E-state index contributed by atoms with van der Waals surface area (Å²) in [7, 11) is 0. The van der Waals surface area contributed by atoms with Crippen LogP contribution in [0.1, 0.15) is 19.4 Å². The molecule has 4 nitrogen and oxygen atoms in total. The number of benzene rings is 2. The average molecular weight is 332 g/mol. The first-order valence-electron chi connectivity index (χ1n) is 8.02. The summed E-state index contributed by atoms with van der Waals surface area (Å²) in [6.45, 7) is 6.51. The van der Waals surface area contributed by atoms with E-state index in [4.69, 9.17) is 9.84 Å². The molecule has 0 saturated heterocycles. The Kier molecular flexibility index (Phi) is 6.04. The molecule has 0 aliphatic rings. The molecule has 0 aliphatic heterocycles. The molecule has 0 spiro atoms. The lowest BCUT2D eigenvalue weighted by Crippen LogP contribution is -2.38. The van der Waals surface area contributed by atoms with E-state index in [-0.39, 0.29) is 24.5 Å². The fourth-order valence-corrected chi connectivity index (χ4v) is 2.44. The fraction of sp³-hybridized carbons (Fsp3) is 0.368. The number of aliphatic hydroxyl groups is 1. The minimum Gasteiger partial charge on any atom is -0.488 e. The zero-order valence-electron chi connectivity index (χ0n) is 14.4. The van der Waals surface area contributed by atoms with Gasteiger partial charge >= 0.3 is 0 Å². The molecule has 130 valence electrons. The monoisotopic (exact) mass is 332 g/mol. The van der Waals surface area contributed by atoms with Crippen LogP contribution in [0.2, 0.25) is 0 Å². The van der Waals surface area contributed by atoms with Crippen molar-refractivity contribution in [2.24, 2.45) is 0 Å². The van der Waals surface area contributed by atoms with Crippen LogP contribution in [-0.4, -0.2) is 30.4 Å². The highest BCUT2D eigenvalue weighted by Gasteiger charge is 2.18. The summed E-state index contributed by atoms with van der Waals surface area (Å²) in [5.74, 6) is -0.240. The van der Waals surface area contributed by atoms with E-state index in [9.17, 15) is 4.39 Å². The second-order valence-corrected chi connectivity index (χ2v) is 6.40. The van der Waals surface area contributed by atoms with E-state index in [0.29, 0.717) is 17.8 Å². The van der Waals surface area contributed by atoms with Crippen LogP contribution in [-0.2, 0) is 0 Å². The van der Waals surface area contributed by atoms with E-state index in [2.05, 4.69) is 24.5 Å². The first kappa shape index (κ1) is 18.1. The van der Waals surface area contributed by atoms with Gasteiger partial charge in [0.15, 0.2) is 11.6 Å². The number of halogens is 1. The van der Waals surface area contributed by atoms with Crippen molar-refractivity contribution >= 4 is 11.4 Å². The molecule has 0 atom stereocenters. The van der Waals surface area contributed by atoms with Gasteiger partial charge in [0.25, 0.3) is 0 Å². The highest BCUT2D eigenvalue weighted by atomic mass is 19.1. The van der Waals surface area contributed by atoms with E-state index in [1.54, 1.807) is 6.92 Å². The molecular formula is C19H25FN2O2. The molecule has 2 aromatic carbocycles. The standard InChI is InChI=1S/C19H25FN2O2/c1-14-11-16(12-17(20)18(14)24-10-9-23)21-13-19(2,3)22-15-7-5-4-6-8-15/h4-8,11-12,21-23H,9-10,13H2,1-3H3. The molecule has 0 fully saturated rings. The number of aryl methyl sites for hydroxylation is 1. The largest absolute Gasteiger partial charge is 0.488 e. The van der Waals surface area contributed by atoms with Crippen molar-refractivity contribution in [1.82, 2.24) is 0 Å². The van der Waals surface area contributed by atoms with E-state index < -0.39 is 5.82 Å². The number of para-hydroxylation sites is 1. The number of hydrogen-bond donors (Lipinski definition) is 3. The number of hydrogen-bond acceptors (Lipinski definition) is 4. The van der Waals surface area contributed by atoms with Crippen molar-refractivity contribution in [3.05, 3.63) is 53.8 Å². The van der Waals surface area contributed by atoms with Crippen LogP contribution in [0.5, 0.6) is 5.75 Å². The molecule has 0 saturated carbocycles. The topological polar surface area (TPSA) is 53.5 Å². The number of nitrogens with one attached hydrogen (secondary N) is 2. The first-order chi connectivity index (χ1) is 11.4. The maximum atomic E-state index is 14.1. The van der Waals surface area contributed by atoms with Gasteiger partial charge in [0, 0.05) is 29.5 Å². The van der Waals surface area contributed by atoms with Gasteiger partial charge in [-0.2, -0.15) is 0 Å². The third-order valence-corrected chi connectivity index (χ3v) is 3.56. The molecule has 24 heavy (non-hydrogen) atoms. The highest BCUT2D eigenvalue weighted by Crippen LogP contribution is 2.27. The van der Waals surface area contributed by atoms with Crippen molar-refractivity contribution in [2.75, 3.05) is 30.4 Å². The number of rotatable bonds is 8. The molecule has 3 N–H and O–H groups in total. The van der Waals surface area contributed by atoms with Gasteiger partial charge in [-0.15, -0.1) is 0 Å².